The van der Waals surface area contributed by atoms with Crippen LogP contribution < -0.4 is 11.1 Å². The van der Waals surface area contributed by atoms with E-state index in [-0.39, 0.29) is 5.91 Å². The van der Waals surface area contributed by atoms with E-state index in [1.165, 1.54) is 0 Å². The Morgan fingerprint density at radius 1 is 1.20 bits per heavy atom. The summed E-state index contributed by atoms with van der Waals surface area (Å²) < 4.78 is 1.97. The number of benzene rings is 1. The maximum Gasteiger partial charge on any atom is 0.248 e. The second kappa shape index (κ2) is 7.94. The third-order valence-electron chi connectivity index (χ3n) is 4.53. The van der Waals surface area contributed by atoms with Crippen molar-refractivity contribution in [3.63, 3.8) is 0 Å². The fraction of sp³-hybridized carbons (Fsp3) is 0.389. The van der Waals surface area contributed by atoms with E-state index < -0.39 is 5.91 Å². The number of likely N-dealkylation sites (tertiary alicyclic amines) is 1. The first-order valence-electron chi connectivity index (χ1n) is 8.49. The first kappa shape index (κ1) is 17.2. The Hall–Kier alpha value is -2.67. The average molecular weight is 341 g/mol. The van der Waals surface area contributed by atoms with Crippen molar-refractivity contribution < 1.29 is 9.59 Å². The van der Waals surface area contributed by atoms with Crippen LogP contribution in [0.25, 0.3) is 0 Å². The van der Waals surface area contributed by atoms with Gasteiger partial charge in [0.05, 0.1) is 6.54 Å². The van der Waals surface area contributed by atoms with Crippen LogP contribution >= 0.6 is 0 Å². The van der Waals surface area contributed by atoms with Crippen molar-refractivity contribution >= 4 is 17.5 Å². The summed E-state index contributed by atoms with van der Waals surface area (Å²) in [5.41, 5.74) is 6.30. The molecule has 2 heterocycles. The molecule has 1 aliphatic heterocycles. The number of nitrogens with zero attached hydrogens (tertiary/aromatic N) is 3. The van der Waals surface area contributed by atoms with Crippen molar-refractivity contribution in [1.82, 2.24) is 14.7 Å². The Bertz CT molecular complexity index is 704. The number of carbonyl (C=O) groups excluding carboxylic acids is 2. The second-order valence-corrected chi connectivity index (χ2v) is 6.44. The Kier molecular flexibility index (Phi) is 5.45. The molecule has 0 unspecified atom stereocenters. The van der Waals surface area contributed by atoms with Crippen LogP contribution in [0.5, 0.6) is 0 Å². The molecule has 7 heteroatoms. The van der Waals surface area contributed by atoms with Gasteiger partial charge in [0.25, 0.3) is 0 Å². The Balaban J connectivity index is 1.42. The molecule has 2 amide bonds. The van der Waals surface area contributed by atoms with Crippen LogP contribution in [0.15, 0.2) is 42.7 Å². The molecule has 0 radical (unpaired) electrons. The van der Waals surface area contributed by atoms with Crippen LogP contribution in [0, 0.1) is 5.92 Å². The molecule has 7 nitrogen and oxygen atoms in total. The van der Waals surface area contributed by atoms with Crippen molar-refractivity contribution in [2.45, 2.75) is 19.4 Å². The third kappa shape index (κ3) is 4.90. The lowest BCUT2D eigenvalue weighted by Crippen LogP contribution is -2.40. The number of carbonyl (C=O) groups is 2. The molecule has 0 spiro atoms. The molecule has 0 aliphatic carbocycles. The monoisotopic (exact) mass is 341 g/mol. The van der Waals surface area contributed by atoms with Gasteiger partial charge in [-0.15, -0.1) is 0 Å². The van der Waals surface area contributed by atoms with Crippen molar-refractivity contribution in [2.75, 3.05) is 25.0 Å². The van der Waals surface area contributed by atoms with Crippen molar-refractivity contribution in [2.24, 2.45) is 11.7 Å². The zero-order valence-electron chi connectivity index (χ0n) is 14.1. The van der Waals surface area contributed by atoms with Gasteiger partial charge >= 0.3 is 0 Å². The fourth-order valence-corrected chi connectivity index (χ4v) is 3.12. The van der Waals surface area contributed by atoms with E-state index in [0.717, 1.165) is 32.5 Å². The standard InChI is InChI=1S/C18H23N5O2/c19-18(25)15-2-4-16(5-3-15)21-17(24)13-22-10-6-14(7-11-22)12-23-9-1-8-20-23/h1-5,8-9,14H,6-7,10-13H2,(H2,19,25)(H,21,24). The van der Waals surface area contributed by atoms with E-state index in [1.807, 2.05) is 16.9 Å². The van der Waals surface area contributed by atoms with Crippen molar-refractivity contribution in [3.8, 4) is 0 Å². The summed E-state index contributed by atoms with van der Waals surface area (Å²) in [6.45, 7) is 3.16. The van der Waals surface area contributed by atoms with Gasteiger partial charge in [0.2, 0.25) is 11.8 Å². The van der Waals surface area contributed by atoms with Gasteiger partial charge in [0.15, 0.2) is 0 Å². The summed E-state index contributed by atoms with van der Waals surface area (Å²) in [6.07, 6.45) is 5.93. The van der Waals surface area contributed by atoms with E-state index in [0.29, 0.717) is 23.7 Å². The first-order chi connectivity index (χ1) is 12.1. The number of amides is 2. The second-order valence-electron chi connectivity index (χ2n) is 6.44. The summed E-state index contributed by atoms with van der Waals surface area (Å²) in [4.78, 5) is 25.4. The average Bonchev–Trinajstić information content (AvgIpc) is 3.10. The molecule has 2 aromatic rings. The number of piperidine rings is 1. The Morgan fingerprint density at radius 3 is 2.52 bits per heavy atom. The van der Waals surface area contributed by atoms with Gasteiger partial charge in [-0.1, -0.05) is 0 Å². The van der Waals surface area contributed by atoms with Crippen LogP contribution in [0.3, 0.4) is 0 Å². The molecule has 3 rings (SSSR count). The zero-order chi connectivity index (χ0) is 17.6. The minimum Gasteiger partial charge on any atom is -0.366 e. The molecule has 1 aliphatic rings. The lowest BCUT2D eigenvalue weighted by molar-refractivity contribution is -0.117. The van der Waals surface area contributed by atoms with Gasteiger partial charge in [-0.05, 0) is 62.2 Å². The summed E-state index contributed by atoms with van der Waals surface area (Å²) in [5, 5.41) is 7.11. The van der Waals surface area contributed by atoms with E-state index in [9.17, 15) is 9.59 Å². The molecule has 0 atom stereocenters. The molecule has 0 saturated carbocycles. The molecule has 0 bridgehead atoms. The summed E-state index contributed by atoms with van der Waals surface area (Å²) in [5.74, 6) is 0.0914. The number of anilines is 1. The van der Waals surface area contributed by atoms with Gasteiger partial charge in [-0.25, -0.2) is 0 Å². The topological polar surface area (TPSA) is 93.2 Å². The van der Waals surface area contributed by atoms with Crippen LogP contribution in [0.4, 0.5) is 5.69 Å². The third-order valence-corrected chi connectivity index (χ3v) is 4.53. The van der Waals surface area contributed by atoms with E-state index in [4.69, 9.17) is 5.73 Å². The highest BCUT2D eigenvalue weighted by Gasteiger charge is 2.21. The molecule has 3 N–H and O–H groups in total. The van der Waals surface area contributed by atoms with Gasteiger partial charge in [0.1, 0.15) is 0 Å². The molecule has 1 aromatic carbocycles. The van der Waals surface area contributed by atoms with E-state index in [2.05, 4.69) is 15.3 Å². The molecule has 1 aromatic heterocycles. The van der Waals surface area contributed by atoms with Crippen LogP contribution in [0.2, 0.25) is 0 Å². The summed E-state index contributed by atoms with van der Waals surface area (Å²) >= 11 is 0. The minimum atomic E-state index is -0.476. The lowest BCUT2D eigenvalue weighted by Gasteiger charge is -2.31. The summed E-state index contributed by atoms with van der Waals surface area (Å²) in [7, 11) is 0. The van der Waals surface area contributed by atoms with Crippen molar-refractivity contribution in [1.29, 1.82) is 0 Å². The molecule has 1 fully saturated rings. The van der Waals surface area contributed by atoms with E-state index in [1.54, 1.807) is 30.5 Å². The van der Waals surface area contributed by atoms with Gasteiger partial charge < -0.3 is 11.1 Å². The van der Waals surface area contributed by atoms with Crippen LogP contribution in [-0.4, -0.2) is 46.1 Å². The van der Waals surface area contributed by atoms with Gasteiger partial charge in [-0.2, -0.15) is 5.10 Å². The quantitative estimate of drug-likeness (QED) is 0.829. The maximum atomic E-state index is 12.2. The van der Waals surface area contributed by atoms with Gasteiger partial charge in [-0.3, -0.25) is 19.2 Å². The first-order valence-corrected chi connectivity index (χ1v) is 8.49. The van der Waals surface area contributed by atoms with E-state index >= 15 is 0 Å². The normalized spacial score (nSPS) is 15.8. The Morgan fingerprint density at radius 2 is 1.92 bits per heavy atom. The maximum absolute atomic E-state index is 12.2. The highest BCUT2D eigenvalue weighted by atomic mass is 16.2. The SMILES string of the molecule is NC(=O)c1ccc(NC(=O)CN2CCC(Cn3cccn3)CC2)cc1. The van der Waals surface area contributed by atoms with Crippen LogP contribution in [-0.2, 0) is 11.3 Å². The molecule has 1 saturated heterocycles. The predicted molar refractivity (Wildman–Crippen MR) is 95.0 cm³/mol. The highest BCUT2D eigenvalue weighted by Crippen LogP contribution is 2.19. The molecule has 132 valence electrons. The number of hydrogen-bond acceptors (Lipinski definition) is 4. The molecule has 25 heavy (non-hydrogen) atoms. The molecular formula is C18H23N5O2. The zero-order valence-corrected chi connectivity index (χ0v) is 14.1. The largest absolute Gasteiger partial charge is 0.366 e. The fourth-order valence-electron chi connectivity index (χ4n) is 3.12. The number of primary amides is 1. The summed E-state index contributed by atoms with van der Waals surface area (Å²) in [6, 6.07) is 8.54. The van der Waals surface area contributed by atoms with Gasteiger partial charge in [0, 0.05) is 30.2 Å². The number of aromatic nitrogens is 2. The number of nitrogens with one attached hydrogen (secondary N) is 1. The minimum absolute atomic E-state index is 0.0441. The lowest BCUT2D eigenvalue weighted by atomic mass is 9.97. The number of nitrogens with two attached hydrogens (primary N) is 1. The predicted octanol–water partition coefficient (Wildman–Crippen LogP) is 1.33. The number of rotatable bonds is 6. The Labute approximate surface area is 146 Å². The molecular weight excluding hydrogens is 318 g/mol. The van der Waals surface area contributed by atoms with Crippen molar-refractivity contribution in [3.05, 3.63) is 48.3 Å². The highest BCUT2D eigenvalue weighted by molar-refractivity contribution is 5.95. The van der Waals surface area contributed by atoms with Crippen LogP contribution in [0.1, 0.15) is 23.2 Å². The smallest absolute Gasteiger partial charge is 0.248 e. The number of hydrogen-bond donors (Lipinski definition) is 2.